The molecule has 4 heterocycles. The van der Waals surface area contributed by atoms with E-state index in [2.05, 4.69) is 17.2 Å². The number of anilines is 1. The molecule has 10 heteroatoms. The molecular formula is C23H22N4O4S2. The van der Waals surface area contributed by atoms with Crippen LogP contribution < -0.4 is 20.3 Å². The summed E-state index contributed by atoms with van der Waals surface area (Å²) in [7, 11) is 0. The molecule has 1 aromatic carbocycles. The summed E-state index contributed by atoms with van der Waals surface area (Å²) in [5, 5.41) is 4.29. The Morgan fingerprint density at radius 2 is 2.09 bits per heavy atom. The number of thioether (sulfide) groups is 1. The van der Waals surface area contributed by atoms with Crippen LogP contribution in [0.3, 0.4) is 0 Å². The van der Waals surface area contributed by atoms with Crippen LogP contribution in [-0.4, -0.2) is 39.4 Å². The highest BCUT2D eigenvalue weighted by atomic mass is 32.2. The minimum atomic E-state index is -0.190. The van der Waals surface area contributed by atoms with E-state index in [1.165, 1.54) is 23.1 Å². The molecule has 0 bridgehead atoms. The molecule has 1 N–H and O–H groups in total. The number of carbonyl (C=O) groups excluding carboxylic acids is 1. The average Bonchev–Trinajstić information content (AvgIpc) is 3.21. The standard InChI is InChI=1S/C23H22N4O4S2/c1-2-3-9-27-22(29)20-19(15-5-4-8-24-21(15)33-20)26-23(27)32-13-18(28)25-14-6-7-16-17(12-14)31-11-10-30-16/h4-8,12H,2-3,9-11,13H2,1H3,(H,25,28). The average molecular weight is 483 g/mol. The van der Waals surface area contributed by atoms with E-state index in [-0.39, 0.29) is 17.2 Å². The minimum Gasteiger partial charge on any atom is -0.486 e. The summed E-state index contributed by atoms with van der Waals surface area (Å²) >= 11 is 2.63. The molecule has 0 spiro atoms. The first-order valence-electron chi connectivity index (χ1n) is 10.7. The van der Waals surface area contributed by atoms with Crippen LogP contribution in [0.25, 0.3) is 20.4 Å². The van der Waals surface area contributed by atoms with Gasteiger partial charge < -0.3 is 14.8 Å². The van der Waals surface area contributed by atoms with Gasteiger partial charge >= 0.3 is 0 Å². The number of fused-ring (bicyclic) bond motifs is 4. The predicted molar refractivity (Wildman–Crippen MR) is 131 cm³/mol. The van der Waals surface area contributed by atoms with Gasteiger partial charge in [0, 0.05) is 29.9 Å². The first-order chi connectivity index (χ1) is 16.1. The summed E-state index contributed by atoms with van der Waals surface area (Å²) in [4.78, 5) is 35.9. The molecule has 3 aromatic heterocycles. The quantitative estimate of drug-likeness (QED) is 0.310. The summed E-state index contributed by atoms with van der Waals surface area (Å²) in [5.74, 6) is 1.22. The van der Waals surface area contributed by atoms with E-state index in [9.17, 15) is 9.59 Å². The summed E-state index contributed by atoms with van der Waals surface area (Å²) in [6.07, 6.45) is 3.52. The number of thiophene rings is 1. The van der Waals surface area contributed by atoms with Gasteiger partial charge in [-0.1, -0.05) is 25.1 Å². The van der Waals surface area contributed by atoms with Crippen LogP contribution in [0.5, 0.6) is 11.5 Å². The first kappa shape index (κ1) is 21.7. The molecule has 1 aliphatic rings. The van der Waals surface area contributed by atoms with Crippen LogP contribution in [0.1, 0.15) is 19.8 Å². The Hall–Kier alpha value is -3.11. The van der Waals surface area contributed by atoms with Crippen molar-refractivity contribution in [2.45, 2.75) is 31.5 Å². The van der Waals surface area contributed by atoms with Gasteiger partial charge in [-0.25, -0.2) is 9.97 Å². The molecule has 0 unspecified atom stereocenters. The Bertz CT molecular complexity index is 1400. The van der Waals surface area contributed by atoms with Crippen molar-refractivity contribution in [1.82, 2.24) is 14.5 Å². The monoisotopic (exact) mass is 482 g/mol. The van der Waals surface area contributed by atoms with E-state index in [4.69, 9.17) is 14.5 Å². The SMILES string of the molecule is CCCCn1c(SCC(=O)Nc2ccc3c(c2)OCCO3)nc2c(sc3ncccc32)c1=O. The predicted octanol–water partition coefficient (Wildman–Crippen LogP) is 4.31. The Balaban J connectivity index is 1.39. The molecule has 33 heavy (non-hydrogen) atoms. The maximum Gasteiger partial charge on any atom is 0.272 e. The van der Waals surface area contributed by atoms with Gasteiger partial charge in [0.05, 0.1) is 11.3 Å². The van der Waals surface area contributed by atoms with Crippen LogP contribution in [0, 0.1) is 0 Å². The van der Waals surface area contributed by atoms with Gasteiger partial charge in [-0.05, 0) is 30.7 Å². The van der Waals surface area contributed by atoms with Gasteiger partial charge in [0.1, 0.15) is 22.7 Å². The topological polar surface area (TPSA) is 95.3 Å². The number of rotatable bonds is 7. The number of aromatic nitrogens is 3. The number of nitrogens with one attached hydrogen (secondary N) is 1. The Morgan fingerprint density at radius 3 is 2.94 bits per heavy atom. The molecule has 1 amide bonds. The lowest BCUT2D eigenvalue weighted by Crippen LogP contribution is -2.23. The normalized spacial score (nSPS) is 12.9. The second kappa shape index (κ2) is 9.40. The van der Waals surface area contributed by atoms with Crippen molar-refractivity contribution in [1.29, 1.82) is 0 Å². The molecule has 170 valence electrons. The number of nitrogens with zero attached hydrogens (tertiary/aromatic N) is 3. The largest absolute Gasteiger partial charge is 0.486 e. The van der Waals surface area contributed by atoms with Crippen molar-refractivity contribution in [3.05, 3.63) is 46.9 Å². The molecule has 0 saturated heterocycles. The van der Waals surface area contributed by atoms with Gasteiger partial charge in [-0.2, -0.15) is 0 Å². The lowest BCUT2D eigenvalue weighted by atomic mass is 10.2. The fraction of sp³-hybridized carbons (Fsp3) is 0.304. The summed E-state index contributed by atoms with van der Waals surface area (Å²) in [6.45, 7) is 3.64. The molecule has 0 atom stereocenters. The number of amides is 1. The van der Waals surface area contributed by atoms with E-state index in [1.54, 1.807) is 29.0 Å². The van der Waals surface area contributed by atoms with E-state index >= 15 is 0 Å². The van der Waals surface area contributed by atoms with Crippen molar-refractivity contribution in [2.24, 2.45) is 0 Å². The van der Waals surface area contributed by atoms with E-state index in [0.29, 0.717) is 52.3 Å². The molecular weight excluding hydrogens is 460 g/mol. The van der Waals surface area contributed by atoms with Crippen molar-refractivity contribution >= 4 is 55.1 Å². The van der Waals surface area contributed by atoms with Gasteiger partial charge in [0.15, 0.2) is 16.7 Å². The zero-order valence-electron chi connectivity index (χ0n) is 18.0. The first-order valence-corrected chi connectivity index (χ1v) is 12.5. The fourth-order valence-electron chi connectivity index (χ4n) is 3.61. The highest BCUT2D eigenvalue weighted by Crippen LogP contribution is 2.33. The van der Waals surface area contributed by atoms with Crippen LogP contribution >= 0.6 is 23.1 Å². The number of ether oxygens (including phenoxy) is 2. The number of pyridine rings is 1. The molecule has 1 aliphatic heterocycles. The molecule has 4 aromatic rings. The highest BCUT2D eigenvalue weighted by Gasteiger charge is 2.18. The third kappa shape index (κ3) is 4.40. The highest BCUT2D eigenvalue weighted by molar-refractivity contribution is 7.99. The third-order valence-electron chi connectivity index (χ3n) is 5.21. The van der Waals surface area contributed by atoms with Gasteiger partial charge in [-0.3, -0.25) is 14.2 Å². The lowest BCUT2D eigenvalue weighted by Gasteiger charge is -2.19. The van der Waals surface area contributed by atoms with Gasteiger partial charge in [0.2, 0.25) is 5.91 Å². The number of carbonyl (C=O) groups is 1. The van der Waals surface area contributed by atoms with Crippen molar-refractivity contribution < 1.29 is 14.3 Å². The van der Waals surface area contributed by atoms with Crippen molar-refractivity contribution in [2.75, 3.05) is 24.3 Å². The summed E-state index contributed by atoms with van der Waals surface area (Å²) in [5.41, 5.74) is 1.20. The Labute approximate surface area is 197 Å². The summed E-state index contributed by atoms with van der Waals surface area (Å²) in [6, 6.07) is 9.08. The Kier molecular flexibility index (Phi) is 6.19. The van der Waals surface area contributed by atoms with Crippen LogP contribution in [-0.2, 0) is 11.3 Å². The third-order valence-corrected chi connectivity index (χ3v) is 7.28. The molecule has 8 nitrogen and oxygen atoms in total. The molecule has 0 radical (unpaired) electrons. The minimum absolute atomic E-state index is 0.0776. The van der Waals surface area contributed by atoms with E-state index in [0.717, 1.165) is 23.1 Å². The number of unbranched alkanes of at least 4 members (excludes halogenated alkanes) is 1. The van der Waals surface area contributed by atoms with Gasteiger partial charge in [0.25, 0.3) is 5.56 Å². The maximum atomic E-state index is 13.3. The maximum absolute atomic E-state index is 13.3. The van der Waals surface area contributed by atoms with Crippen LogP contribution in [0.15, 0.2) is 46.5 Å². The fourth-order valence-corrected chi connectivity index (χ4v) is 5.46. The zero-order chi connectivity index (χ0) is 22.8. The smallest absolute Gasteiger partial charge is 0.272 e. The number of hydrogen-bond donors (Lipinski definition) is 1. The Morgan fingerprint density at radius 1 is 1.24 bits per heavy atom. The van der Waals surface area contributed by atoms with Gasteiger partial charge in [-0.15, -0.1) is 11.3 Å². The van der Waals surface area contributed by atoms with Crippen molar-refractivity contribution in [3.63, 3.8) is 0 Å². The second-order valence-electron chi connectivity index (χ2n) is 7.54. The molecule has 0 fully saturated rings. The van der Waals surface area contributed by atoms with E-state index in [1.807, 2.05) is 12.1 Å². The second-order valence-corrected chi connectivity index (χ2v) is 9.48. The van der Waals surface area contributed by atoms with Crippen LogP contribution in [0.4, 0.5) is 5.69 Å². The lowest BCUT2D eigenvalue weighted by molar-refractivity contribution is -0.113. The van der Waals surface area contributed by atoms with Crippen molar-refractivity contribution in [3.8, 4) is 11.5 Å². The summed E-state index contributed by atoms with van der Waals surface area (Å²) < 4.78 is 13.4. The number of hydrogen-bond acceptors (Lipinski definition) is 8. The molecule has 0 aliphatic carbocycles. The number of benzene rings is 1. The zero-order valence-corrected chi connectivity index (χ0v) is 19.6. The van der Waals surface area contributed by atoms with Crippen LogP contribution in [0.2, 0.25) is 0 Å². The van der Waals surface area contributed by atoms with E-state index < -0.39 is 0 Å². The molecule has 5 rings (SSSR count). The molecule has 0 saturated carbocycles.